The molecule has 0 bridgehead atoms. The minimum absolute atomic E-state index is 0.184. The summed E-state index contributed by atoms with van der Waals surface area (Å²) in [6, 6.07) is 0. The van der Waals surface area contributed by atoms with E-state index in [1.807, 2.05) is 0 Å². The molecule has 0 unspecified atom stereocenters. The maximum Gasteiger partial charge on any atom is 0.226 e. The van der Waals surface area contributed by atoms with E-state index in [0.29, 0.717) is 19.3 Å². The van der Waals surface area contributed by atoms with Gasteiger partial charge in [0.25, 0.3) is 0 Å². The molecule has 0 aromatic heterocycles. The highest BCUT2D eigenvalue weighted by Crippen LogP contribution is 2.27. The number of hydrogen-bond acceptors (Lipinski definition) is 3. The van der Waals surface area contributed by atoms with Gasteiger partial charge in [-0.05, 0) is 38.8 Å². The van der Waals surface area contributed by atoms with Crippen molar-refractivity contribution in [3.63, 3.8) is 0 Å². The van der Waals surface area contributed by atoms with Gasteiger partial charge in [-0.15, -0.1) is 0 Å². The molecule has 0 aromatic rings. The van der Waals surface area contributed by atoms with Crippen molar-refractivity contribution in [1.29, 1.82) is 0 Å². The summed E-state index contributed by atoms with van der Waals surface area (Å²) in [5.74, 6) is 0.196. The van der Waals surface area contributed by atoms with E-state index in [2.05, 4.69) is 17.6 Å². The van der Waals surface area contributed by atoms with Crippen molar-refractivity contribution in [2.24, 2.45) is 5.41 Å². The van der Waals surface area contributed by atoms with E-state index in [1.165, 1.54) is 32.1 Å². The zero-order valence-corrected chi connectivity index (χ0v) is 12.2. The summed E-state index contributed by atoms with van der Waals surface area (Å²) < 4.78 is 5.83. The van der Waals surface area contributed by atoms with Crippen molar-refractivity contribution in [2.75, 3.05) is 26.2 Å². The number of hydrogen-bond donors (Lipinski definition) is 2. The van der Waals surface area contributed by atoms with Crippen LogP contribution in [0.1, 0.15) is 51.9 Å². The van der Waals surface area contributed by atoms with Crippen molar-refractivity contribution >= 4 is 5.91 Å². The lowest BCUT2D eigenvalue weighted by Gasteiger charge is -2.32. The average molecular weight is 268 g/mol. The molecule has 0 radical (unpaired) electrons. The molecule has 19 heavy (non-hydrogen) atoms. The van der Waals surface area contributed by atoms with Gasteiger partial charge in [0.05, 0.1) is 12.7 Å². The molecule has 0 spiro atoms. The molecular weight excluding hydrogens is 240 g/mol. The fourth-order valence-electron chi connectivity index (χ4n) is 3.04. The summed E-state index contributed by atoms with van der Waals surface area (Å²) in [7, 11) is 0. The number of carbonyl (C=O) groups excluding carboxylic acids is 1. The highest BCUT2D eigenvalue weighted by Gasteiger charge is 2.34. The van der Waals surface area contributed by atoms with Crippen LogP contribution in [0.2, 0.25) is 0 Å². The number of carbonyl (C=O) groups is 1. The molecule has 4 heteroatoms. The average Bonchev–Trinajstić information content (AvgIpc) is 2.45. The first-order valence-corrected chi connectivity index (χ1v) is 7.81. The van der Waals surface area contributed by atoms with Gasteiger partial charge in [0.2, 0.25) is 5.91 Å². The van der Waals surface area contributed by atoms with Crippen LogP contribution in [0.3, 0.4) is 0 Å². The third-order valence-electron chi connectivity index (χ3n) is 4.55. The first-order chi connectivity index (χ1) is 9.21. The molecule has 1 aliphatic carbocycles. The summed E-state index contributed by atoms with van der Waals surface area (Å²) in [5, 5.41) is 6.34. The van der Waals surface area contributed by atoms with Crippen LogP contribution in [-0.2, 0) is 9.53 Å². The van der Waals surface area contributed by atoms with Crippen molar-refractivity contribution in [2.45, 2.75) is 58.0 Å². The van der Waals surface area contributed by atoms with Crippen molar-refractivity contribution in [3.05, 3.63) is 0 Å². The van der Waals surface area contributed by atoms with Gasteiger partial charge in [-0.2, -0.15) is 0 Å². The number of nitrogens with one attached hydrogen (secondary N) is 2. The van der Waals surface area contributed by atoms with Crippen LogP contribution in [-0.4, -0.2) is 38.3 Å². The quantitative estimate of drug-likeness (QED) is 0.748. The molecule has 4 nitrogen and oxygen atoms in total. The molecule has 2 aliphatic rings. The normalized spacial score (nSPS) is 24.1. The molecule has 2 N–H and O–H groups in total. The second-order valence-electron chi connectivity index (χ2n) is 6.20. The Hall–Kier alpha value is -0.610. The molecule has 2 rings (SSSR count). The summed E-state index contributed by atoms with van der Waals surface area (Å²) >= 11 is 0. The van der Waals surface area contributed by atoms with Crippen LogP contribution in [0, 0.1) is 5.41 Å². The summed E-state index contributed by atoms with van der Waals surface area (Å²) in [5.41, 5.74) is -0.184. The Balaban J connectivity index is 1.60. The van der Waals surface area contributed by atoms with Crippen molar-refractivity contribution in [1.82, 2.24) is 10.6 Å². The van der Waals surface area contributed by atoms with E-state index < -0.39 is 0 Å². The summed E-state index contributed by atoms with van der Waals surface area (Å²) in [4.78, 5) is 12.2. The Kier molecular flexibility index (Phi) is 5.64. The van der Waals surface area contributed by atoms with E-state index in [0.717, 1.165) is 25.9 Å². The minimum atomic E-state index is -0.184. The van der Waals surface area contributed by atoms with Gasteiger partial charge in [0.1, 0.15) is 0 Å². The van der Waals surface area contributed by atoms with Gasteiger partial charge in [0.15, 0.2) is 0 Å². The predicted octanol–water partition coefficient (Wildman–Crippen LogP) is 1.84. The standard InChI is InChI=1S/C15H28N2O2/c1-15(7-9-16-10-8-15)14(18)17-11-12-19-13-5-3-2-4-6-13/h13,16H,2-12H2,1H3,(H,17,18). The summed E-state index contributed by atoms with van der Waals surface area (Å²) in [6.45, 7) is 5.28. The lowest BCUT2D eigenvalue weighted by molar-refractivity contribution is -0.131. The van der Waals surface area contributed by atoms with Gasteiger partial charge in [-0.1, -0.05) is 26.2 Å². The minimum Gasteiger partial charge on any atom is -0.376 e. The number of amides is 1. The Labute approximate surface area is 116 Å². The van der Waals surface area contributed by atoms with Crippen LogP contribution >= 0.6 is 0 Å². The maximum absolute atomic E-state index is 12.2. The van der Waals surface area contributed by atoms with Gasteiger partial charge in [-0.25, -0.2) is 0 Å². The van der Waals surface area contributed by atoms with Crippen LogP contribution in [0.15, 0.2) is 0 Å². The van der Waals surface area contributed by atoms with Gasteiger partial charge < -0.3 is 15.4 Å². The molecule has 1 amide bonds. The molecule has 1 saturated heterocycles. The van der Waals surface area contributed by atoms with Gasteiger partial charge >= 0.3 is 0 Å². The molecule has 1 heterocycles. The Morgan fingerprint density at radius 3 is 2.63 bits per heavy atom. The van der Waals surface area contributed by atoms with Crippen LogP contribution in [0.25, 0.3) is 0 Å². The van der Waals surface area contributed by atoms with E-state index in [-0.39, 0.29) is 11.3 Å². The SMILES string of the molecule is CC1(C(=O)NCCOC2CCCCC2)CCNCC1. The Morgan fingerprint density at radius 2 is 1.95 bits per heavy atom. The molecular formula is C15H28N2O2. The third kappa shape index (κ3) is 4.46. The molecule has 2 fully saturated rings. The smallest absolute Gasteiger partial charge is 0.226 e. The zero-order chi connectivity index (χ0) is 13.6. The van der Waals surface area contributed by atoms with E-state index in [4.69, 9.17) is 4.74 Å². The molecule has 0 atom stereocenters. The third-order valence-corrected chi connectivity index (χ3v) is 4.55. The number of ether oxygens (including phenoxy) is 1. The maximum atomic E-state index is 12.2. The molecule has 1 aliphatic heterocycles. The topological polar surface area (TPSA) is 50.4 Å². The van der Waals surface area contributed by atoms with Crippen LogP contribution in [0.5, 0.6) is 0 Å². The Morgan fingerprint density at radius 1 is 1.26 bits per heavy atom. The second kappa shape index (κ2) is 7.25. The van der Waals surface area contributed by atoms with Crippen LogP contribution < -0.4 is 10.6 Å². The first-order valence-electron chi connectivity index (χ1n) is 7.81. The predicted molar refractivity (Wildman–Crippen MR) is 76.0 cm³/mol. The second-order valence-corrected chi connectivity index (χ2v) is 6.20. The van der Waals surface area contributed by atoms with Crippen molar-refractivity contribution in [3.8, 4) is 0 Å². The van der Waals surface area contributed by atoms with Crippen LogP contribution in [0.4, 0.5) is 0 Å². The molecule has 110 valence electrons. The fraction of sp³-hybridized carbons (Fsp3) is 0.933. The fourth-order valence-corrected chi connectivity index (χ4v) is 3.04. The summed E-state index contributed by atoms with van der Waals surface area (Å²) in [6.07, 6.45) is 8.62. The van der Waals surface area contributed by atoms with E-state index in [9.17, 15) is 4.79 Å². The van der Waals surface area contributed by atoms with Gasteiger partial charge in [0, 0.05) is 12.0 Å². The van der Waals surface area contributed by atoms with E-state index >= 15 is 0 Å². The van der Waals surface area contributed by atoms with Crippen molar-refractivity contribution < 1.29 is 9.53 Å². The highest BCUT2D eigenvalue weighted by molar-refractivity contribution is 5.82. The molecule has 0 aromatic carbocycles. The zero-order valence-electron chi connectivity index (χ0n) is 12.2. The molecule has 1 saturated carbocycles. The van der Waals surface area contributed by atoms with Gasteiger partial charge in [-0.3, -0.25) is 4.79 Å². The number of rotatable bonds is 5. The lowest BCUT2D eigenvalue weighted by atomic mass is 9.80. The first kappa shape index (κ1) is 14.8. The largest absolute Gasteiger partial charge is 0.376 e. The highest BCUT2D eigenvalue weighted by atomic mass is 16.5. The number of piperidine rings is 1. The Bertz CT molecular complexity index is 282. The van der Waals surface area contributed by atoms with E-state index in [1.54, 1.807) is 0 Å². The monoisotopic (exact) mass is 268 g/mol. The lowest BCUT2D eigenvalue weighted by Crippen LogP contribution is -2.46.